The summed E-state index contributed by atoms with van der Waals surface area (Å²) < 4.78 is 5.39. The molecular formula is C20H38N6O3. The Hall–Kier alpha value is -1.87. The van der Waals surface area contributed by atoms with Gasteiger partial charge in [-0.1, -0.05) is 0 Å². The summed E-state index contributed by atoms with van der Waals surface area (Å²) >= 11 is 0. The zero-order valence-electron chi connectivity index (χ0n) is 18.5. The second-order valence-corrected chi connectivity index (χ2v) is 7.86. The summed E-state index contributed by atoms with van der Waals surface area (Å²) in [4.78, 5) is 37.1. The molecule has 0 aromatic rings. The third kappa shape index (κ3) is 7.15. The minimum atomic E-state index is -0.0308. The van der Waals surface area contributed by atoms with E-state index >= 15 is 0 Å². The zero-order valence-corrected chi connectivity index (χ0v) is 18.5. The molecule has 9 heteroatoms. The van der Waals surface area contributed by atoms with E-state index in [4.69, 9.17) is 4.74 Å². The standard InChI is InChI=1S/C20H38N6O3/c1-5-29-15-7-9-21-20(22-16-18(27)23(2)3)26-13-11-25(12-14-26)19(28)17-8-6-10-24(17)4/h17H,5-16H2,1-4H3,(H,21,22). The van der Waals surface area contributed by atoms with E-state index in [2.05, 4.69) is 20.1 Å². The average Bonchev–Trinajstić information content (AvgIpc) is 3.15. The number of likely N-dealkylation sites (tertiary alicyclic amines) is 1. The predicted octanol–water partition coefficient (Wildman–Crippen LogP) is -0.315. The van der Waals surface area contributed by atoms with E-state index in [9.17, 15) is 9.59 Å². The van der Waals surface area contributed by atoms with Gasteiger partial charge in [-0.15, -0.1) is 0 Å². The number of piperazine rings is 1. The maximum Gasteiger partial charge on any atom is 0.243 e. The molecule has 9 nitrogen and oxygen atoms in total. The largest absolute Gasteiger partial charge is 0.382 e. The van der Waals surface area contributed by atoms with Gasteiger partial charge in [-0.05, 0) is 39.8 Å². The highest BCUT2D eigenvalue weighted by Crippen LogP contribution is 2.18. The van der Waals surface area contributed by atoms with Gasteiger partial charge < -0.3 is 24.8 Å². The van der Waals surface area contributed by atoms with Crippen molar-refractivity contribution in [2.24, 2.45) is 4.99 Å². The fourth-order valence-electron chi connectivity index (χ4n) is 3.64. The van der Waals surface area contributed by atoms with Crippen LogP contribution in [0.5, 0.6) is 0 Å². The van der Waals surface area contributed by atoms with E-state index in [-0.39, 0.29) is 24.4 Å². The van der Waals surface area contributed by atoms with Crippen molar-refractivity contribution in [3.8, 4) is 0 Å². The Labute approximate surface area is 175 Å². The van der Waals surface area contributed by atoms with Crippen molar-refractivity contribution in [1.29, 1.82) is 0 Å². The van der Waals surface area contributed by atoms with Crippen LogP contribution in [0.3, 0.4) is 0 Å². The number of aliphatic imine (C=N–C) groups is 1. The minimum Gasteiger partial charge on any atom is -0.382 e. The molecular weight excluding hydrogens is 372 g/mol. The van der Waals surface area contributed by atoms with Crippen molar-refractivity contribution < 1.29 is 14.3 Å². The van der Waals surface area contributed by atoms with Crippen LogP contribution < -0.4 is 5.32 Å². The first-order valence-corrected chi connectivity index (χ1v) is 10.7. The maximum absolute atomic E-state index is 12.8. The Morgan fingerprint density at radius 2 is 1.83 bits per heavy atom. The predicted molar refractivity (Wildman–Crippen MR) is 114 cm³/mol. The number of carbonyl (C=O) groups excluding carboxylic acids is 2. The van der Waals surface area contributed by atoms with Crippen LogP contribution in [0, 0.1) is 0 Å². The summed E-state index contributed by atoms with van der Waals surface area (Å²) in [7, 11) is 5.50. The molecule has 0 aromatic carbocycles. The number of hydrogen-bond acceptors (Lipinski definition) is 5. The fraction of sp³-hybridized carbons (Fsp3) is 0.850. The highest BCUT2D eigenvalue weighted by atomic mass is 16.5. The molecule has 2 aliphatic rings. The molecule has 0 aliphatic carbocycles. The lowest BCUT2D eigenvalue weighted by Crippen LogP contribution is -2.56. The highest BCUT2D eigenvalue weighted by molar-refractivity contribution is 5.85. The lowest BCUT2D eigenvalue weighted by atomic mass is 10.1. The molecule has 1 unspecified atom stereocenters. The van der Waals surface area contributed by atoms with Crippen LogP contribution in [0.2, 0.25) is 0 Å². The van der Waals surface area contributed by atoms with Gasteiger partial charge in [-0.25, -0.2) is 4.99 Å². The molecule has 166 valence electrons. The van der Waals surface area contributed by atoms with Crippen molar-refractivity contribution in [3.63, 3.8) is 0 Å². The SMILES string of the molecule is CCOCCCNC(=NCC(=O)N(C)C)N1CCN(C(=O)C2CCCN2C)CC1. The first-order valence-electron chi connectivity index (χ1n) is 10.7. The number of nitrogens with one attached hydrogen (secondary N) is 1. The van der Waals surface area contributed by atoms with E-state index in [0.717, 1.165) is 51.4 Å². The van der Waals surface area contributed by atoms with Crippen molar-refractivity contribution in [2.75, 3.05) is 80.2 Å². The topological polar surface area (TPSA) is 80.7 Å². The Bertz CT molecular complexity index is 560. The number of likely N-dealkylation sites (N-methyl/N-ethyl adjacent to an activating group) is 2. The number of amides is 2. The van der Waals surface area contributed by atoms with Gasteiger partial charge >= 0.3 is 0 Å². The van der Waals surface area contributed by atoms with Gasteiger partial charge in [0.15, 0.2) is 5.96 Å². The van der Waals surface area contributed by atoms with Gasteiger partial charge in [0.05, 0.1) is 6.04 Å². The van der Waals surface area contributed by atoms with Gasteiger partial charge in [0.1, 0.15) is 6.54 Å². The van der Waals surface area contributed by atoms with Gasteiger partial charge in [0, 0.05) is 60.0 Å². The molecule has 2 heterocycles. The lowest BCUT2D eigenvalue weighted by Gasteiger charge is -2.38. The van der Waals surface area contributed by atoms with E-state index in [0.29, 0.717) is 26.3 Å². The molecule has 0 spiro atoms. The number of nitrogens with zero attached hydrogens (tertiary/aromatic N) is 5. The van der Waals surface area contributed by atoms with Crippen molar-refractivity contribution in [1.82, 2.24) is 24.9 Å². The molecule has 2 aliphatic heterocycles. The number of hydrogen-bond donors (Lipinski definition) is 1. The van der Waals surface area contributed by atoms with E-state index in [1.807, 2.05) is 18.9 Å². The lowest BCUT2D eigenvalue weighted by molar-refractivity contribution is -0.136. The molecule has 1 N–H and O–H groups in total. The van der Waals surface area contributed by atoms with Crippen molar-refractivity contribution in [3.05, 3.63) is 0 Å². The van der Waals surface area contributed by atoms with E-state index in [1.54, 1.807) is 19.0 Å². The Morgan fingerprint density at radius 3 is 2.41 bits per heavy atom. The van der Waals surface area contributed by atoms with Crippen molar-refractivity contribution >= 4 is 17.8 Å². The summed E-state index contributed by atoms with van der Waals surface area (Å²) in [5, 5.41) is 3.36. The number of ether oxygens (including phenoxy) is 1. The first-order chi connectivity index (χ1) is 13.9. The smallest absolute Gasteiger partial charge is 0.243 e. The van der Waals surface area contributed by atoms with Gasteiger partial charge in [0.25, 0.3) is 0 Å². The Kier molecular flexibility index (Phi) is 9.66. The minimum absolute atomic E-state index is 0.0308. The van der Waals surface area contributed by atoms with E-state index in [1.165, 1.54) is 0 Å². The molecule has 2 fully saturated rings. The Morgan fingerprint density at radius 1 is 1.14 bits per heavy atom. The van der Waals surface area contributed by atoms with Crippen molar-refractivity contribution in [2.45, 2.75) is 32.2 Å². The molecule has 2 rings (SSSR count). The van der Waals surface area contributed by atoms with Crippen LogP contribution in [0.4, 0.5) is 0 Å². The zero-order chi connectivity index (χ0) is 21.2. The summed E-state index contributed by atoms with van der Waals surface area (Å²) in [6.07, 6.45) is 2.92. The van der Waals surface area contributed by atoms with Crippen LogP contribution >= 0.6 is 0 Å². The third-order valence-electron chi connectivity index (χ3n) is 5.51. The number of guanidine groups is 1. The fourth-order valence-corrected chi connectivity index (χ4v) is 3.64. The average molecular weight is 411 g/mol. The molecule has 0 radical (unpaired) electrons. The molecule has 0 aromatic heterocycles. The van der Waals surface area contributed by atoms with Crippen LogP contribution in [0.25, 0.3) is 0 Å². The normalized spacial score (nSPS) is 20.8. The highest BCUT2D eigenvalue weighted by Gasteiger charge is 2.33. The first kappa shape index (κ1) is 23.4. The third-order valence-corrected chi connectivity index (χ3v) is 5.51. The summed E-state index contributed by atoms with van der Waals surface area (Å²) in [6, 6.07) is 0.0316. The molecule has 1 atom stereocenters. The number of rotatable bonds is 8. The maximum atomic E-state index is 12.8. The summed E-state index contributed by atoms with van der Waals surface area (Å²) in [6.45, 7) is 8.05. The molecule has 0 bridgehead atoms. The second kappa shape index (κ2) is 12.0. The van der Waals surface area contributed by atoms with Gasteiger partial charge in [-0.2, -0.15) is 0 Å². The monoisotopic (exact) mass is 410 g/mol. The molecule has 0 saturated carbocycles. The summed E-state index contributed by atoms with van der Waals surface area (Å²) in [5.74, 6) is 0.953. The van der Waals surface area contributed by atoms with Gasteiger partial charge in [0.2, 0.25) is 11.8 Å². The number of carbonyl (C=O) groups is 2. The van der Waals surface area contributed by atoms with E-state index < -0.39 is 0 Å². The van der Waals surface area contributed by atoms with Crippen LogP contribution in [-0.2, 0) is 14.3 Å². The summed E-state index contributed by atoms with van der Waals surface area (Å²) in [5.41, 5.74) is 0. The molecule has 2 saturated heterocycles. The van der Waals surface area contributed by atoms with Crippen LogP contribution in [0.1, 0.15) is 26.2 Å². The van der Waals surface area contributed by atoms with Gasteiger partial charge in [-0.3, -0.25) is 14.5 Å². The molecule has 29 heavy (non-hydrogen) atoms. The van der Waals surface area contributed by atoms with Crippen LogP contribution in [-0.4, -0.2) is 124 Å². The van der Waals surface area contributed by atoms with Crippen LogP contribution in [0.15, 0.2) is 4.99 Å². The Balaban J connectivity index is 1.90. The second-order valence-electron chi connectivity index (χ2n) is 7.86. The molecule has 2 amide bonds. The quantitative estimate of drug-likeness (QED) is 0.336.